The third-order valence-electron chi connectivity index (χ3n) is 2.62. The predicted molar refractivity (Wildman–Crippen MR) is 70.1 cm³/mol. The second-order valence-corrected chi connectivity index (χ2v) is 5.08. The number of benzene rings is 1. The number of aliphatic hydroxyl groups is 1. The molecule has 1 aromatic rings. The van der Waals surface area contributed by atoms with Crippen LogP contribution in [0.15, 0.2) is 24.3 Å². The number of amides is 1. The van der Waals surface area contributed by atoms with Crippen LogP contribution in [-0.2, 0) is 11.4 Å². The van der Waals surface area contributed by atoms with Crippen molar-refractivity contribution >= 4 is 23.4 Å². The molecule has 2 rings (SSSR count). The lowest BCUT2D eigenvalue weighted by Gasteiger charge is -2.22. The summed E-state index contributed by atoms with van der Waals surface area (Å²) >= 11 is 1.79. The molecule has 4 nitrogen and oxygen atoms in total. The van der Waals surface area contributed by atoms with Crippen LogP contribution in [0.1, 0.15) is 5.56 Å². The molecule has 1 aromatic carbocycles. The number of anilines is 1. The monoisotopic (exact) mass is 252 g/mol. The van der Waals surface area contributed by atoms with Crippen LogP contribution in [0, 0.1) is 0 Å². The molecule has 1 amide bonds. The topological polar surface area (TPSA) is 61.4 Å². The first-order valence-corrected chi connectivity index (χ1v) is 6.77. The standard InChI is InChI=1S/C12H16N2O2S/c15-7-9-2-1-3-10(6-9)14-12(16)11-8-17-5-4-13-11/h1-3,6,11,13,15H,4-5,7-8H2,(H,14,16). The van der Waals surface area contributed by atoms with Crippen molar-refractivity contribution in [3.05, 3.63) is 29.8 Å². The van der Waals surface area contributed by atoms with Gasteiger partial charge in [-0.25, -0.2) is 0 Å². The van der Waals surface area contributed by atoms with E-state index in [1.807, 2.05) is 18.2 Å². The molecule has 1 fully saturated rings. The van der Waals surface area contributed by atoms with E-state index in [1.54, 1.807) is 17.8 Å². The lowest BCUT2D eigenvalue weighted by molar-refractivity contribution is -0.117. The Bertz CT molecular complexity index is 392. The van der Waals surface area contributed by atoms with Crippen molar-refractivity contribution < 1.29 is 9.90 Å². The van der Waals surface area contributed by atoms with Gasteiger partial charge in [0.15, 0.2) is 0 Å². The van der Waals surface area contributed by atoms with Gasteiger partial charge in [-0.2, -0.15) is 11.8 Å². The second-order valence-electron chi connectivity index (χ2n) is 3.93. The van der Waals surface area contributed by atoms with Crippen molar-refractivity contribution in [2.45, 2.75) is 12.6 Å². The van der Waals surface area contributed by atoms with Gasteiger partial charge in [0.2, 0.25) is 5.91 Å². The van der Waals surface area contributed by atoms with Crippen molar-refractivity contribution in [1.29, 1.82) is 0 Å². The third-order valence-corrected chi connectivity index (χ3v) is 3.68. The maximum Gasteiger partial charge on any atom is 0.242 e. The number of nitrogens with one attached hydrogen (secondary N) is 2. The Labute approximate surface area is 105 Å². The van der Waals surface area contributed by atoms with E-state index < -0.39 is 0 Å². The Morgan fingerprint density at radius 1 is 1.59 bits per heavy atom. The number of hydrogen-bond donors (Lipinski definition) is 3. The van der Waals surface area contributed by atoms with E-state index in [1.165, 1.54) is 0 Å². The van der Waals surface area contributed by atoms with Crippen LogP contribution in [-0.4, -0.2) is 35.1 Å². The Morgan fingerprint density at radius 2 is 2.47 bits per heavy atom. The molecule has 0 saturated carbocycles. The highest BCUT2D eigenvalue weighted by Gasteiger charge is 2.20. The first kappa shape index (κ1) is 12.4. The zero-order chi connectivity index (χ0) is 12.1. The maximum absolute atomic E-state index is 11.9. The molecule has 1 atom stereocenters. The lowest BCUT2D eigenvalue weighted by atomic mass is 10.2. The lowest BCUT2D eigenvalue weighted by Crippen LogP contribution is -2.46. The van der Waals surface area contributed by atoms with E-state index >= 15 is 0 Å². The molecule has 3 N–H and O–H groups in total. The van der Waals surface area contributed by atoms with Crippen LogP contribution in [0.3, 0.4) is 0 Å². The van der Waals surface area contributed by atoms with Crippen molar-refractivity contribution in [2.75, 3.05) is 23.4 Å². The van der Waals surface area contributed by atoms with Crippen molar-refractivity contribution in [3.8, 4) is 0 Å². The van der Waals surface area contributed by atoms with Gasteiger partial charge in [-0.05, 0) is 17.7 Å². The second kappa shape index (κ2) is 6.05. The van der Waals surface area contributed by atoms with E-state index in [4.69, 9.17) is 5.11 Å². The minimum atomic E-state index is -0.119. The Hall–Kier alpha value is -1.04. The van der Waals surface area contributed by atoms with Crippen molar-refractivity contribution in [2.24, 2.45) is 0 Å². The maximum atomic E-state index is 11.9. The number of carbonyl (C=O) groups is 1. The normalized spacial score (nSPS) is 19.9. The molecular formula is C12H16N2O2S. The summed E-state index contributed by atoms with van der Waals surface area (Å²) in [5, 5.41) is 15.1. The van der Waals surface area contributed by atoms with E-state index in [2.05, 4.69) is 10.6 Å². The zero-order valence-electron chi connectivity index (χ0n) is 9.48. The van der Waals surface area contributed by atoms with E-state index in [-0.39, 0.29) is 18.6 Å². The average Bonchev–Trinajstić information content (AvgIpc) is 2.40. The van der Waals surface area contributed by atoms with Gasteiger partial charge < -0.3 is 15.7 Å². The molecule has 1 aliphatic rings. The van der Waals surface area contributed by atoms with Crippen LogP contribution in [0.5, 0.6) is 0 Å². The highest BCUT2D eigenvalue weighted by molar-refractivity contribution is 7.99. The van der Waals surface area contributed by atoms with Crippen LogP contribution >= 0.6 is 11.8 Å². The summed E-state index contributed by atoms with van der Waals surface area (Å²) in [6.07, 6.45) is 0. The summed E-state index contributed by atoms with van der Waals surface area (Å²) in [7, 11) is 0. The summed E-state index contributed by atoms with van der Waals surface area (Å²) in [4.78, 5) is 11.9. The minimum absolute atomic E-state index is 0.00714. The van der Waals surface area contributed by atoms with E-state index in [0.717, 1.165) is 29.3 Å². The SMILES string of the molecule is O=C(Nc1cccc(CO)c1)C1CSCCN1. The van der Waals surface area contributed by atoms with Gasteiger partial charge in [0.25, 0.3) is 0 Å². The Balaban J connectivity index is 1.96. The van der Waals surface area contributed by atoms with Crippen molar-refractivity contribution in [3.63, 3.8) is 0 Å². The predicted octanol–water partition coefficient (Wildman–Crippen LogP) is 0.822. The van der Waals surface area contributed by atoms with Gasteiger partial charge in [-0.1, -0.05) is 12.1 Å². The molecule has 92 valence electrons. The number of aliphatic hydroxyl groups excluding tert-OH is 1. The van der Waals surface area contributed by atoms with Gasteiger partial charge in [-0.3, -0.25) is 4.79 Å². The Morgan fingerprint density at radius 3 is 3.18 bits per heavy atom. The number of thioether (sulfide) groups is 1. The highest BCUT2D eigenvalue weighted by Crippen LogP contribution is 2.13. The fraction of sp³-hybridized carbons (Fsp3) is 0.417. The van der Waals surface area contributed by atoms with Gasteiger partial charge in [-0.15, -0.1) is 0 Å². The first-order valence-electron chi connectivity index (χ1n) is 5.61. The van der Waals surface area contributed by atoms with Crippen LogP contribution in [0.25, 0.3) is 0 Å². The van der Waals surface area contributed by atoms with E-state index in [9.17, 15) is 4.79 Å². The molecule has 0 spiro atoms. The largest absolute Gasteiger partial charge is 0.392 e. The van der Waals surface area contributed by atoms with Crippen LogP contribution < -0.4 is 10.6 Å². The zero-order valence-corrected chi connectivity index (χ0v) is 10.3. The fourth-order valence-electron chi connectivity index (χ4n) is 1.71. The summed E-state index contributed by atoms with van der Waals surface area (Å²) in [6, 6.07) is 7.14. The number of rotatable bonds is 3. The van der Waals surface area contributed by atoms with Gasteiger partial charge >= 0.3 is 0 Å². The van der Waals surface area contributed by atoms with Crippen molar-refractivity contribution in [1.82, 2.24) is 5.32 Å². The molecule has 0 aromatic heterocycles. The third kappa shape index (κ3) is 3.46. The summed E-state index contributed by atoms with van der Waals surface area (Å²) in [5.41, 5.74) is 1.53. The van der Waals surface area contributed by atoms with Gasteiger partial charge in [0.1, 0.15) is 0 Å². The average molecular weight is 252 g/mol. The molecule has 1 unspecified atom stereocenters. The molecule has 0 bridgehead atoms. The van der Waals surface area contributed by atoms with Gasteiger partial charge in [0, 0.05) is 23.7 Å². The molecule has 0 radical (unpaired) electrons. The minimum Gasteiger partial charge on any atom is -0.392 e. The summed E-state index contributed by atoms with van der Waals surface area (Å²) in [6.45, 7) is 0.862. The summed E-state index contributed by atoms with van der Waals surface area (Å²) in [5.74, 6) is 1.86. The van der Waals surface area contributed by atoms with Crippen LogP contribution in [0.4, 0.5) is 5.69 Å². The number of hydrogen-bond acceptors (Lipinski definition) is 4. The molecule has 5 heteroatoms. The highest BCUT2D eigenvalue weighted by atomic mass is 32.2. The number of carbonyl (C=O) groups excluding carboxylic acids is 1. The fourth-order valence-corrected chi connectivity index (χ4v) is 2.64. The van der Waals surface area contributed by atoms with E-state index in [0.29, 0.717) is 0 Å². The molecular weight excluding hydrogens is 236 g/mol. The molecule has 17 heavy (non-hydrogen) atoms. The summed E-state index contributed by atoms with van der Waals surface area (Å²) < 4.78 is 0. The Kier molecular flexibility index (Phi) is 4.42. The van der Waals surface area contributed by atoms with Gasteiger partial charge in [0.05, 0.1) is 12.6 Å². The molecule has 0 aliphatic carbocycles. The quantitative estimate of drug-likeness (QED) is 0.745. The molecule has 1 saturated heterocycles. The smallest absolute Gasteiger partial charge is 0.242 e. The molecule has 1 aliphatic heterocycles. The molecule has 1 heterocycles. The van der Waals surface area contributed by atoms with Crippen LogP contribution in [0.2, 0.25) is 0 Å². The first-order chi connectivity index (χ1) is 8.29.